The van der Waals surface area contributed by atoms with Crippen LogP contribution in [0.5, 0.6) is 11.5 Å². The smallest absolute Gasteiger partial charge is 0.255 e. The number of benzene rings is 2. The van der Waals surface area contributed by atoms with Gasteiger partial charge in [-0.1, -0.05) is 30.3 Å². The van der Waals surface area contributed by atoms with Gasteiger partial charge < -0.3 is 25.6 Å². The first-order valence-corrected chi connectivity index (χ1v) is 13.9. The van der Waals surface area contributed by atoms with Gasteiger partial charge in [0.2, 0.25) is 0 Å². The lowest BCUT2D eigenvalue weighted by Gasteiger charge is -2.57. The summed E-state index contributed by atoms with van der Waals surface area (Å²) in [5.41, 5.74) is 9.82. The van der Waals surface area contributed by atoms with E-state index in [-0.39, 0.29) is 30.1 Å². The van der Waals surface area contributed by atoms with Crippen LogP contribution >= 0.6 is 0 Å². The minimum Gasteiger partial charge on any atom is -0.490 e. The van der Waals surface area contributed by atoms with Crippen LogP contribution in [0.1, 0.15) is 55.5 Å². The normalized spacial score (nSPS) is 22.0. The minimum atomic E-state index is -0.930. The first kappa shape index (κ1) is 26.3. The molecule has 40 heavy (non-hydrogen) atoms. The highest BCUT2D eigenvalue weighted by atomic mass is 16.5. The summed E-state index contributed by atoms with van der Waals surface area (Å²) in [5.74, 6) is 1.37. The van der Waals surface area contributed by atoms with Crippen molar-refractivity contribution >= 4 is 11.4 Å². The summed E-state index contributed by atoms with van der Waals surface area (Å²) in [4.78, 5) is 13.0. The van der Waals surface area contributed by atoms with Crippen LogP contribution in [0.25, 0.3) is 16.6 Å². The van der Waals surface area contributed by atoms with Crippen molar-refractivity contribution in [1.29, 1.82) is 0 Å². The molecule has 8 heteroatoms. The third kappa shape index (κ3) is 5.55. The molecule has 208 valence electrons. The molecule has 0 radical (unpaired) electrons. The Bertz CT molecular complexity index is 1510. The van der Waals surface area contributed by atoms with Crippen LogP contribution in [0.15, 0.2) is 73.1 Å². The highest BCUT2D eigenvalue weighted by molar-refractivity contribution is 6.00. The number of fused-ring (bicyclic) bond motifs is 1. The zero-order valence-corrected chi connectivity index (χ0v) is 23.0. The van der Waals surface area contributed by atoms with Crippen LogP contribution < -0.4 is 20.5 Å². The van der Waals surface area contributed by atoms with E-state index in [1.165, 1.54) is 0 Å². The number of ether oxygens (including phenoxy) is 2. The van der Waals surface area contributed by atoms with Crippen LogP contribution in [-0.2, 0) is 6.54 Å². The molecule has 8 nitrogen and oxygen atoms in total. The fourth-order valence-electron chi connectivity index (χ4n) is 5.96. The molecule has 0 aliphatic heterocycles. The number of carbonyl (C=O) groups is 1. The second-order valence-electron chi connectivity index (χ2n) is 12.0. The molecule has 0 saturated heterocycles. The lowest BCUT2D eigenvalue weighted by Crippen LogP contribution is -2.58. The predicted octanol–water partition coefficient (Wildman–Crippen LogP) is 4.73. The van der Waals surface area contributed by atoms with Crippen molar-refractivity contribution < 1.29 is 19.4 Å². The molecule has 2 aliphatic carbocycles. The number of hydrogen-bond donors (Lipinski definition) is 3. The van der Waals surface area contributed by atoms with Gasteiger partial charge in [-0.25, -0.2) is 4.52 Å². The molecule has 4 aromatic rings. The molecule has 2 aromatic heterocycles. The second kappa shape index (κ2) is 10.3. The Morgan fingerprint density at radius 3 is 2.55 bits per heavy atom. The third-order valence-electron chi connectivity index (χ3n) is 7.99. The van der Waals surface area contributed by atoms with E-state index in [1.54, 1.807) is 36.8 Å². The number of rotatable bonds is 9. The van der Waals surface area contributed by atoms with Gasteiger partial charge in [0.25, 0.3) is 5.91 Å². The Balaban J connectivity index is 0.975. The van der Waals surface area contributed by atoms with E-state index in [9.17, 15) is 9.90 Å². The summed E-state index contributed by atoms with van der Waals surface area (Å²) < 4.78 is 13.5. The Morgan fingerprint density at radius 2 is 1.82 bits per heavy atom. The van der Waals surface area contributed by atoms with Crippen molar-refractivity contribution in [1.82, 2.24) is 14.9 Å². The molecule has 2 aliphatic rings. The van der Waals surface area contributed by atoms with Gasteiger partial charge in [0.05, 0.1) is 35.2 Å². The van der Waals surface area contributed by atoms with Gasteiger partial charge in [0.1, 0.15) is 18.1 Å². The molecule has 0 bridgehead atoms. The summed E-state index contributed by atoms with van der Waals surface area (Å²) in [6.45, 7) is 4.07. The molecule has 0 atom stereocenters. The largest absolute Gasteiger partial charge is 0.490 e. The number of nitrogens with zero attached hydrogens (tertiary/aromatic N) is 2. The van der Waals surface area contributed by atoms with E-state index < -0.39 is 5.60 Å². The number of carbonyl (C=O) groups excluding carboxylic acids is 1. The average molecular weight is 541 g/mol. The van der Waals surface area contributed by atoms with Crippen molar-refractivity contribution in [2.24, 2.45) is 11.1 Å². The molecule has 4 N–H and O–H groups in total. The van der Waals surface area contributed by atoms with Gasteiger partial charge >= 0.3 is 0 Å². The standard InChI is InChI=1S/C32H36N4O4/c1-31(2,38)20-39-26-10-11-29-28(18-34-36(29)19-26)30(37)35-24-13-32(14-24)15-27(16-32)40-25-8-6-22(7-9-25)23-5-3-4-21(12-23)17-33/h3-12,18-19,24,27,38H,13-17,20,33H2,1-2H3,(H,35,37). The van der Waals surface area contributed by atoms with Crippen LogP contribution in [0, 0.1) is 5.41 Å². The van der Waals surface area contributed by atoms with Crippen LogP contribution in [0.4, 0.5) is 0 Å². The van der Waals surface area contributed by atoms with Crippen molar-refractivity contribution in [2.45, 2.75) is 63.8 Å². The number of nitrogens with two attached hydrogens (primary N) is 1. The quantitative estimate of drug-likeness (QED) is 0.283. The summed E-state index contributed by atoms with van der Waals surface area (Å²) in [5, 5.41) is 17.4. The summed E-state index contributed by atoms with van der Waals surface area (Å²) in [7, 11) is 0. The highest BCUT2D eigenvalue weighted by Gasteiger charge is 2.54. The molecule has 1 amide bonds. The SMILES string of the molecule is CC(C)(O)COc1ccc2c(C(=O)NC3CC4(C3)CC(Oc3ccc(-c5cccc(CN)c5)cc3)C4)cnn2c1. The molecule has 0 unspecified atom stereocenters. The maximum absolute atomic E-state index is 13.0. The average Bonchev–Trinajstić information content (AvgIpc) is 3.33. The molecule has 2 aromatic carbocycles. The Hall–Kier alpha value is -3.88. The van der Waals surface area contributed by atoms with Crippen molar-refractivity contribution in [3.63, 3.8) is 0 Å². The third-order valence-corrected chi connectivity index (χ3v) is 7.99. The van der Waals surface area contributed by atoms with E-state index in [0.29, 0.717) is 17.9 Å². The van der Waals surface area contributed by atoms with Crippen LogP contribution in [-0.4, -0.2) is 45.0 Å². The Labute approximate surface area is 234 Å². The van der Waals surface area contributed by atoms with Gasteiger partial charge in [0.15, 0.2) is 0 Å². The topological polar surface area (TPSA) is 111 Å². The lowest BCUT2D eigenvalue weighted by molar-refractivity contribution is -0.0833. The van der Waals surface area contributed by atoms with Gasteiger partial charge in [-0.15, -0.1) is 0 Å². The maximum Gasteiger partial charge on any atom is 0.255 e. The van der Waals surface area contributed by atoms with Gasteiger partial charge in [0, 0.05) is 12.6 Å². The predicted molar refractivity (Wildman–Crippen MR) is 153 cm³/mol. The number of hydrogen-bond acceptors (Lipinski definition) is 6. The fraction of sp³-hybridized carbons (Fsp3) is 0.375. The second-order valence-corrected chi connectivity index (χ2v) is 12.0. The monoisotopic (exact) mass is 540 g/mol. The number of pyridine rings is 1. The Morgan fingerprint density at radius 1 is 1.07 bits per heavy atom. The summed E-state index contributed by atoms with van der Waals surface area (Å²) in [6.07, 6.45) is 7.51. The zero-order valence-electron chi connectivity index (χ0n) is 23.0. The van der Waals surface area contributed by atoms with Crippen LogP contribution in [0.2, 0.25) is 0 Å². The molecule has 1 spiro atoms. The molecule has 2 fully saturated rings. The first-order chi connectivity index (χ1) is 19.2. The first-order valence-electron chi connectivity index (χ1n) is 13.9. The molecule has 2 saturated carbocycles. The molecular weight excluding hydrogens is 504 g/mol. The highest BCUT2D eigenvalue weighted by Crippen LogP contribution is 2.56. The van der Waals surface area contributed by atoms with E-state index in [4.69, 9.17) is 15.2 Å². The van der Waals surface area contributed by atoms with Crippen molar-refractivity contribution in [2.75, 3.05) is 6.61 Å². The number of amides is 1. The molecule has 6 rings (SSSR count). The molecule has 2 heterocycles. The van der Waals surface area contributed by atoms with E-state index >= 15 is 0 Å². The van der Waals surface area contributed by atoms with Crippen molar-refractivity contribution in [3.8, 4) is 22.6 Å². The zero-order chi connectivity index (χ0) is 27.9. The Kier molecular flexibility index (Phi) is 6.76. The fourth-order valence-corrected chi connectivity index (χ4v) is 5.96. The van der Waals surface area contributed by atoms with Gasteiger partial charge in [-0.2, -0.15) is 5.10 Å². The van der Waals surface area contributed by atoms with Gasteiger partial charge in [-0.05, 0) is 92.0 Å². The summed E-state index contributed by atoms with van der Waals surface area (Å²) in [6, 6.07) is 20.3. The van der Waals surface area contributed by atoms with E-state index in [2.05, 4.69) is 34.7 Å². The van der Waals surface area contributed by atoms with Crippen molar-refractivity contribution in [3.05, 3.63) is 84.2 Å². The number of nitrogens with one attached hydrogen (secondary N) is 1. The maximum atomic E-state index is 13.0. The number of aromatic nitrogens is 2. The minimum absolute atomic E-state index is 0.107. The summed E-state index contributed by atoms with van der Waals surface area (Å²) >= 11 is 0. The number of aliphatic hydroxyl groups is 1. The van der Waals surface area contributed by atoms with E-state index in [1.807, 2.05) is 30.3 Å². The van der Waals surface area contributed by atoms with E-state index in [0.717, 1.165) is 53.6 Å². The van der Waals surface area contributed by atoms with Gasteiger partial charge in [-0.3, -0.25) is 4.79 Å². The van der Waals surface area contributed by atoms with Crippen LogP contribution in [0.3, 0.4) is 0 Å². The molecular formula is C32H36N4O4. The lowest BCUT2D eigenvalue weighted by atomic mass is 9.53.